The molecule has 134 valence electrons. The topological polar surface area (TPSA) is 84.1 Å². The van der Waals surface area contributed by atoms with Crippen LogP contribution in [0.4, 0.5) is 5.69 Å². The van der Waals surface area contributed by atoms with Crippen LogP contribution in [0, 0.1) is 0 Å². The van der Waals surface area contributed by atoms with E-state index in [4.69, 9.17) is 16.3 Å². The number of methoxy groups -OCH3 is 1. The highest BCUT2D eigenvalue weighted by Gasteiger charge is 2.10. The monoisotopic (exact) mass is 381 g/mol. The third-order valence-electron chi connectivity index (χ3n) is 3.34. The summed E-state index contributed by atoms with van der Waals surface area (Å²) in [7, 11) is 1.52. The second-order valence-electron chi connectivity index (χ2n) is 5.33. The Hall–Kier alpha value is -1.99. The van der Waals surface area contributed by atoms with E-state index >= 15 is 0 Å². The summed E-state index contributed by atoms with van der Waals surface area (Å²) in [6.07, 6.45) is 2.75. The maximum absolute atomic E-state index is 12.2. The van der Waals surface area contributed by atoms with Gasteiger partial charge < -0.3 is 15.0 Å². The number of hydrogen-bond donors (Lipinski definition) is 2. The van der Waals surface area contributed by atoms with Gasteiger partial charge in [-0.1, -0.05) is 36.7 Å². The Morgan fingerprint density at radius 1 is 1.40 bits per heavy atom. The zero-order valence-corrected chi connectivity index (χ0v) is 15.7. The SMILES string of the molecule is CCCCc1cc(=O)[nH]c(SCC(=O)Nc2cc(Cl)ccc2OC)n1. The van der Waals surface area contributed by atoms with Crippen molar-refractivity contribution in [1.29, 1.82) is 0 Å². The fraction of sp³-hybridized carbons (Fsp3) is 0.353. The second-order valence-corrected chi connectivity index (χ2v) is 6.73. The number of thioether (sulfide) groups is 1. The third-order valence-corrected chi connectivity index (χ3v) is 4.44. The molecule has 0 aliphatic heterocycles. The molecule has 1 aromatic heterocycles. The van der Waals surface area contributed by atoms with Crippen molar-refractivity contribution in [3.05, 3.63) is 45.3 Å². The lowest BCUT2D eigenvalue weighted by atomic mass is 10.2. The molecular formula is C17H20ClN3O3S. The largest absolute Gasteiger partial charge is 0.495 e. The van der Waals surface area contributed by atoms with Gasteiger partial charge in [0.25, 0.3) is 5.56 Å². The number of halogens is 1. The van der Waals surface area contributed by atoms with E-state index < -0.39 is 0 Å². The van der Waals surface area contributed by atoms with Crippen LogP contribution in [-0.4, -0.2) is 28.7 Å². The van der Waals surface area contributed by atoms with Crippen molar-refractivity contribution in [3.63, 3.8) is 0 Å². The van der Waals surface area contributed by atoms with Gasteiger partial charge in [-0.25, -0.2) is 4.98 Å². The Kier molecular flexibility index (Phi) is 7.33. The van der Waals surface area contributed by atoms with Crippen molar-refractivity contribution in [2.24, 2.45) is 0 Å². The van der Waals surface area contributed by atoms with E-state index in [0.29, 0.717) is 21.6 Å². The molecule has 25 heavy (non-hydrogen) atoms. The zero-order valence-electron chi connectivity index (χ0n) is 14.1. The lowest BCUT2D eigenvalue weighted by Crippen LogP contribution is -2.16. The zero-order chi connectivity index (χ0) is 18.2. The number of anilines is 1. The van der Waals surface area contributed by atoms with E-state index in [-0.39, 0.29) is 17.2 Å². The number of rotatable bonds is 8. The molecule has 6 nitrogen and oxygen atoms in total. The molecule has 0 aliphatic rings. The lowest BCUT2D eigenvalue weighted by molar-refractivity contribution is -0.113. The van der Waals surface area contributed by atoms with Crippen LogP contribution in [-0.2, 0) is 11.2 Å². The number of nitrogens with zero attached hydrogens (tertiary/aromatic N) is 1. The molecule has 0 fully saturated rings. The quantitative estimate of drug-likeness (QED) is 0.540. The number of benzene rings is 1. The molecule has 0 atom stereocenters. The highest BCUT2D eigenvalue weighted by molar-refractivity contribution is 7.99. The summed E-state index contributed by atoms with van der Waals surface area (Å²) in [5.74, 6) is 0.388. The van der Waals surface area contributed by atoms with Gasteiger partial charge in [-0.15, -0.1) is 0 Å². The number of aromatic amines is 1. The van der Waals surface area contributed by atoms with Crippen LogP contribution in [0.15, 0.2) is 34.2 Å². The summed E-state index contributed by atoms with van der Waals surface area (Å²) in [5.41, 5.74) is 1.03. The minimum absolute atomic E-state index is 0.107. The van der Waals surface area contributed by atoms with Crippen LogP contribution in [0.25, 0.3) is 0 Å². The van der Waals surface area contributed by atoms with Crippen molar-refractivity contribution in [2.45, 2.75) is 31.3 Å². The van der Waals surface area contributed by atoms with Gasteiger partial charge in [0.05, 0.1) is 18.6 Å². The van der Waals surface area contributed by atoms with E-state index in [1.165, 1.54) is 24.9 Å². The van der Waals surface area contributed by atoms with Crippen molar-refractivity contribution in [1.82, 2.24) is 9.97 Å². The van der Waals surface area contributed by atoms with E-state index in [0.717, 1.165) is 25.0 Å². The van der Waals surface area contributed by atoms with E-state index in [2.05, 4.69) is 22.2 Å². The normalized spacial score (nSPS) is 10.5. The van der Waals surface area contributed by atoms with E-state index in [9.17, 15) is 9.59 Å². The molecule has 0 bridgehead atoms. The molecule has 0 saturated carbocycles. The molecule has 1 aromatic carbocycles. The number of H-pyrrole nitrogens is 1. The van der Waals surface area contributed by atoms with Gasteiger partial charge in [-0.3, -0.25) is 9.59 Å². The molecule has 0 saturated heterocycles. The Morgan fingerprint density at radius 3 is 2.92 bits per heavy atom. The van der Waals surface area contributed by atoms with Crippen LogP contribution in [0.1, 0.15) is 25.5 Å². The molecular weight excluding hydrogens is 362 g/mol. The second kappa shape index (κ2) is 9.48. The molecule has 2 rings (SSSR count). The predicted molar refractivity (Wildman–Crippen MR) is 101 cm³/mol. The number of aryl methyl sites for hydroxylation is 1. The lowest BCUT2D eigenvalue weighted by Gasteiger charge is -2.10. The first-order valence-corrected chi connectivity index (χ1v) is 9.24. The summed E-state index contributed by atoms with van der Waals surface area (Å²) < 4.78 is 5.19. The summed E-state index contributed by atoms with van der Waals surface area (Å²) >= 11 is 7.12. The minimum atomic E-state index is -0.243. The number of nitrogens with one attached hydrogen (secondary N) is 2. The predicted octanol–water partition coefficient (Wildman–Crippen LogP) is 3.51. The Morgan fingerprint density at radius 2 is 2.20 bits per heavy atom. The van der Waals surface area contributed by atoms with Gasteiger partial charge >= 0.3 is 0 Å². The standard InChI is InChI=1S/C17H20ClN3O3S/c1-3-4-5-12-9-15(22)21-17(19-12)25-10-16(23)20-13-8-11(18)6-7-14(13)24-2/h6-9H,3-5,10H2,1-2H3,(H,20,23)(H,19,21,22). The number of carbonyl (C=O) groups is 1. The van der Waals surface area contributed by atoms with Crippen LogP contribution in [0.3, 0.4) is 0 Å². The Balaban J connectivity index is 1.99. The summed E-state index contributed by atoms with van der Waals surface area (Å²) in [6, 6.07) is 6.48. The average Bonchev–Trinajstić information content (AvgIpc) is 2.58. The first kappa shape index (κ1) is 19.3. The van der Waals surface area contributed by atoms with E-state index in [1.807, 2.05) is 0 Å². The first-order valence-electron chi connectivity index (χ1n) is 7.88. The van der Waals surface area contributed by atoms with Gasteiger partial charge in [-0.05, 0) is 31.0 Å². The molecule has 1 heterocycles. The van der Waals surface area contributed by atoms with Crippen LogP contribution in [0.5, 0.6) is 5.75 Å². The molecule has 0 unspecified atom stereocenters. The average molecular weight is 382 g/mol. The smallest absolute Gasteiger partial charge is 0.251 e. The van der Waals surface area contributed by atoms with Gasteiger partial charge in [0, 0.05) is 16.8 Å². The molecule has 8 heteroatoms. The molecule has 0 spiro atoms. The molecule has 2 N–H and O–H groups in total. The number of unbranched alkanes of at least 4 members (excludes halogenated alkanes) is 1. The minimum Gasteiger partial charge on any atom is -0.495 e. The number of carbonyl (C=O) groups excluding carboxylic acids is 1. The summed E-state index contributed by atoms with van der Waals surface area (Å²) in [5, 5.41) is 3.68. The molecule has 1 amide bonds. The van der Waals surface area contributed by atoms with Crippen LogP contribution >= 0.6 is 23.4 Å². The molecule has 0 aliphatic carbocycles. The third kappa shape index (κ3) is 6.10. The van der Waals surface area contributed by atoms with Crippen molar-refractivity contribution < 1.29 is 9.53 Å². The van der Waals surface area contributed by atoms with Crippen molar-refractivity contribution >= 4 is 35.0 Å². The van der Waals surface area contributed by atoms with Crippen molar-refractivity contribution in [3.8, 4) is 5.75 Å². The summed E-state index contributed by atoms with van der Waals surface area (Å²) in [4.78, 5) is 30.9. The highest BCUT2D eigenvalue weighted by atomic mass is 35.5. The van der Waals surface area contributed by atoms with Gasteiger partial charge in [0.15, 0.2) is 5.16 Å². The van der Waals surface area contributed by atoms with Crippen LogP contribution < -0.4 is 15.6 Å². The summed E-state index contributed by atoms with van der Waals surface area (Å²) in [6.45, 7) is 2.08. The van der Waals surface area contributed by atoms with Gasteiger partial charge in [-0.2, -0.15) is 0 Å². The van der Waals surface area contributed by atoms with Crippen LogP contribution in [0.2, 0.25) is 5.02 Å². The van der Waals surface area contributed by atoms with Crippen molar-refractivity contribution in [2.75, 3.05) is 18.2 Å². The fourth-order valence-electron chi connectivity index (χ4n) is 2.14. The Labute approximate surface area is 155 Å². The maximum atomic E-state index is 12.2. The molecule has 2 aromatic rings. The highest BCUT2D eigenvalue weighted by Crippen LogP contribution is 2.27. The van der Waals surface area contributed by atoms with E-state index in [1.54, 1.807) is 18.2 Å². The van der Waals surface area contributed by atoms with Gasteiger partial charge in [0.2, 0.25) is 5.91 Å². The Bertz CT molecular complexity index is 795. The number of aromatic nitrogens is 2. The number of amides is 1. The first-order chi connectivity index (χ1) is 12.0. The molecule has 0 radical (unpaired) electrons. The van der Waals surface area contributed by atoms with Gasteiger partial charge in [0.1, 0.15) is 5.75 Å². The number of hydrogen-bond acceptors (Lipinski definition) is 5. The fourth-order valence-corrected chi connectivity index (χ4v) is 3.00. The maximum Gasteiger partial charge on any atom is 0.251 e. The number of ether oxygens (including phenoxy) is 1.